The van der Waals surface area contributed by atoms with Crippen LogP contribution in [0.15, 0.2) is 30.3 Å². The number of nitrogens with zero attached hydrogens (tertiary/aromatic N) is 1. The fourth-order valence-electron chi connectivity index (χ4n) is 3.89. The highest BCUT2D eigenvalue weighted by Crippen LogP contribution is 2.42. The van der Waals surface area contributed by atoms with Crippen molar-refractivity contribution in [3.63, 3.8) is 0 Å². The molecule has 1 aromatic carbocycles. The maximum atomic E-state index is 12.6. The van der Waals surface area contributed by atoms with Crippen LogP contribution < -0.4 is 4.74 Å². The van der Waals surface area contributed by atoms with E-state index < -0.39 is 0 Å². The Kier molecular flexibility index (Phi) is 4.87. The van der Waals surface area contributed by atoms with Crippen molar-refractivity contribution >= 4 is 5.91 Å². The van der Waals surface area contributed by atoms with Gasteiger partial charge in [-0.05, 0) is 37.8 Å². The van der Waals surface area contributed by atoms with Gasteiger partial charge in [0.25, 0.3) is 0 Å². The molecule has 1 aromatic rings. The number of fused-ring (bicyclic) bond motifs is 1. The molecule has 0 unspecified atom stereocenters. The zero-order valence-electron chi connectivity index (χ0n) is 13.6. The zero-order valence-corrected chi connectivity index (χ0v) is 13.6. The number of benzene rings is 1. The van der Waals surface area contributed by atoms with Crippen molar-refractivity contribution < 1.29 is 19.4 Å². The summed E-state index contributed by atoms with van der Waals surface area (Å²) in [5, 5.41) is 9.97. The Morgan fingerprint density at radius 3 is 2.87 bits per heavy atom. The van der Waals surface area contributed by atoms with Gasteiger partial charge in [0.1, 0.15) is 5.75 Å². The zero-order chi connectivity index (χ0) is 16.3. The first kappa shape index (κ1) is 16.3. The molecule has 126 valence electrons. The number of hydrogen-bond donors (Lipinski definition) is 1. The van der Waals surface area contributed by atoms with Crippen LogP contribution in [0.2, 0.25) is 0 Å². The van der Waals surface area contributed by atoms with Crippen molar-refractivity contribution in [2.45, 2.75) is 49.9 Å². The Bertz CT molecular complexity index is 535. The van der Waals surface area contributed by atoms with Crippen LogP contribution in [0.4, 0.5) is 0 Å². The predicted octanol–water partition coefficient (Wildman–Crippen LogP) is 1.99. The van der Waals surface area contributed by atoms with E-state index in [1.807, 2.05) is 35.2 Å². The molecule has 0 aromatic heterocycles. The van der Waals surface area contributed by atoms with Crippen molar-refractivity contribution in [1.82, 2.24) is 4.90 Å². The molecule has 1 amide bonds. The van der Waals surface area contributed by atoms with Crippen LogP contribution in [0.3, 0.4) is 0 Å². The van der Waals surface area contributed by atoms with Crippen LogP contribution in [-0.4, -0.2) is 53.9 Å². The number of likely N-dealkylation sites (tertiary alicyclic amines) is 1. The van der Waals surface area contributed by atoms with Gasteiger partial charge in [-0.1, -0.05) is 18.2 Å². The molecule has 1 aliphatic heterocycles. The lowest BCUT2D eigenvalue weighted by molar-refractivity contribution is -0.140. The predicted molar refractivity (Wildman–Crippen MR) is 86.3 cm³/mol. The fourth-order valence-corrected chi connectivity index (χ4v) is 3.89. The molecule has 1 heterocycles. The number of aliphatic hydroxyl groups is 1. The lowest BCUT2D eigenvalue weighted by atomic mass is 9.79. The summed E-state index contributed by atoms with van der Waals surface area (Å²) < 4.78 is 11.4. The van der Waals surface area contributed by atoms with Gasteiger partial charge in [0.2, 0.25) is 5.91 Å². The molecule has 3 rings (SSSR count). The van der Waals surface area contributed by atoms with Gasteiger partial charge in [0, 0.05) is 13.7 Å². The van der Waals surface area contributed by atoms with E-state index >= 15 is 0 Å². The standard InChI is InChI=1S/C18H25NO4/c1-22-18-9-7-14(20)13-16(18)19(11-10-18)17(21)8-12-23-15-5-3-2-4-6-15/h2-6,14,16,20H,7-13H2,1H3/t14-,16+,18-/m0/s1. The second kappa shape index (κ2) is 6.89. The first-order valence-electron chi connectivity index (χ1n) is 8.35. The van der Waals surface area contributed by atoms with Gasteiger partial charge >= 0.3 is 0 Å². The Labute approximate surface area is 137 Å². The summed E-state index contributed by atoms with van der Waals surface area (Å²) in [6.45, 7) is 1.07. The first-order chi connectivity index (χ1) is 11.1. The molecule has 23 heavy (non-hydrogen) atoms. The normalized spacial score (nSPS) is 30.1. The monoisotopic (exact) mass is 319 g/mol. The average molecular weight is 319 g/mol. The second-order valence-corrected chi connectivity index (χ2v) is 6.46. The number of methoxy groups -OCH3 is 1. The van der Waals surface area contributed by atoms with Crippen molar-refractivity contribution in [2.24, 2.45) is 0 Å². The molecule has 1 N–H and O–H groups in total. The second-order valence-electron chi connectivity index (χ2n) is 6.46. The van der Waals surface area contributed by atoms with E-state index in [0.717, 1.165) is 25.0 Å². The van der Waals surface area contributed by atoms with E-state index in [0.29, 0.717) is 26.0 Å². The van der Waals surface area contributed by atoms with Gasteiger partial charge < -0.3 is 19.5 Å². The number of carbonyl (C=O) groups excluding carboxylic acids is 1. The molecule has 1 saturated heterocycles. The Morgan fingerprint density at radius 2 is 2.13 bits per heavy atom. The van der Waals surface area contributed by atoms with Crippen molar-refractivity contribution in [3.05, 3.63) is 30.3 Å². The minimum absolute atomic E-state index is 0.0134. The van der Waals surface area contributed by atoms with E-state index in [1.165, 1.54) is 0 Å². The number of aliphatic hydroxyl groups excluding tert-OH is 1. The number of amides is 1. The molecule has 1 aliphatic carbocycles. The molecule has 0 bridgehead atoms. The molecule has 1 saturated carbocycles. The smallest absolute Gasteiger partial charge is 0.226 e. The van der Waals surface area contributed by atoms with E-state index in [-0.39, 0.29) is 23.7 Å². The van der Waals surface area contributed by atoms with Gasteiger partial charge in [-0.15, -0.1) is 0 Å². The maximum Gasteiger partial charge on any atom is 0.226 e. The van der Waals surface area contributed by atoms with Crippen LogP contribution in [0.5, 0.6) is 5.75 Å². The Hall–Kier alpha value is -1.59. The van der Waals surface area contributed by atoms with Gasteiger partial charge in [0.15, 0.2) is 0 Å². The largest absolute Gasteiger partial charge is 0.493 e. The fraction of sp³-hybridized carbons (Fsp3) is 0.611. The average Bonchev–Trinajstić information content (AvgIpc) is 2.95. The SMILES string of the molecule is CO[C@]12CC[C@H](O)C[C@H]1N(C(=O)CCOc1ccccc1)CC2. The summed E-state index contributed by atoms with van der Waals surface area (Å²) in [5.41, 5.74) is -0.269. The number of hydrogen-bond acceptors (Lipinski definition) is 4. The van der Waals surface area contributed by atoms with E-state index in [2.05, 4.69) is 0 Å². The summed E-state index contributed by atoms with van der Waals surface area (Å²) in [5.74, 6) is 0.861. The molecule has 2 aliphatic rings. The third kappa shape index (κ3) is 3.35. The third-order valence-corrected chi connectivity index (χ3v) is 5.21. The first-order valence-corrected chi connectivity index (χ1v) is 8.35. The van der Waals surface area contributed by atoms with Crippen LogP contribution in [0.1, 0.15) is 32.1 Å². The summed E-state index contributed by atoms with van der Waals surface area (Å²) in [4.78, 5) is 14.5. The van der Waals surface area contributed by atoms with Crippen LogP contribution in [0.25, 0.3) is 0 Å². The quantitative estimate of drug-likeness (QED) is 0.902. The van der Waals surface area contributed by atoms with Gasteiger partial charge in [-0.25, -0.2) is 0 Å². The Morgan fingerprint density at radius 1 is 1.35 bits per heavy atom. The van der Waals surface area contributed by atoms with Crippen molar-refractivity contribution in [2.75, 3.05) is 20.3 Å². The molecule has 2 fully saturated rings. The maximum absolute atomic E-state index is 12.6. The molecule has 3 atom stereocenters. The van der Waals surface area contributed by atoms with Gasteiger partial charge in [-0.2, -0.15) is 0 Å². The number of carbonyl (C=O) groups is 1. The molecule has 0 radical (unpaired) electrons. The summed E-state index contributed by atoms with van der Waals surface area (Å²) in [7, 11) is 1.72. The lowest BCUT2D eigenvalue weighted by Gasteiger charge is -2.42. The number of ether oxygens (including phenoxy) is 2. The molecular weight excluding hydrogens is 294 g/mol. The minimum Gasteiger partial charge on any atom is -0.493 e. The van der Waals surface area contributed by atoms with Crippen molar-refractivity contribution in [1.29, 1.82) is 0 Å². The van der Waals surface area contributed by atoms with Gasteiger partial charge in [0.05, 0.1) is 30.8 Å². The lowest BCUT2D eigenvalue weighted by Crippen LogP contribution is -2.52. The van der Waals surface area contributed by atoms with Crippen molar-refractivity contribution in [3.8, 4) is 5.75 Å². The molecular formula is C18H25NO4. The molecule has 5 heteroatoms. The highest BCUT2D eigenvalue weighted by Gasteiger charge is 2.52. The highest BCUT2D eigenvalue weighted by molar-refractivity contribution is 5.77. The van der Waals surface area contributed by atoms with E-state index in [4.69, 9.17) is 9.47 Å². The molecule has 5 nitrogen and oxygen atoms in total. The van der Waals surface area contributed by atoms with Crippen LogP contribution in [0, 0.1) is 0 Å². The van der Waals surface area contributed by atoms with Crippen LogP contribution >= 0.6 is 0 Å². The number of para-hydroxylation sites is 1. The minimum atomic E-state index is -0.336. The topological polar surface area (TPSA) is 59.0 Å². The van der Waals surface area contributed by atoms with E-state index in [9.17, 15) is 9.90 Å². The third-order valence-electron chi connectivity index (χ3n) is 5.21. The van der Waals surface area contributed by atoms with Crippen LogP contribution in [-0.2, 0) is 9.53 Å². The summed E-state index contributed by atoms with van der Waals surface area (Å²) in [6, 6.07) is 9.50. The highest BCUT2D eigenvalue weighted by atomic mass is 16.5. The Balaban J connectivity index is 1.57. The molecule has 0 spiro atoms. The summed E-state index contributed by atoms with van der Waals surface area (Å²) >= 11 is 0. The van der Waals surface area contributed by atoms with E-state index in [1.54, 1.807) is 7.11 Å². The van der Waals surface area contributed by atoms with Gasteiger partial charge in [-0.3, -0.25) is 4.79 Å². The summed E-state index contributed by atoms with van der Waals surface area (Å²) in [6.07, 6.45) is 3.05. The number of rotatable bonds is 5.